The number of aromatic amines is 1. The van der Waals surface area contributed by atoms with Crippen molar-refractivity contribution in [1.29, 1.82) is 0 Å². The maximum atomic E-state index is 13.0. The minimum Gasteiger partial charge on any atom is -0.486 e. The third-order valence-electron chi connectivity index (χ3n) is 6.22. The van der Waals surface area contributed by atoms with Crippen LogP contribution in [-0.2, 0) is 4.79 Å². The molecule has 0 unspecified atom stereocenters. The summed E-state index contributed by atoms with van der Waals surface area (Å²) in [5.74, 6) is 0.807. The van der Waals surface area contributed by atoms with Crippen molar-refractivity contribution in [3.05, 3.63) is 54.2 Å². The predicted molar refractivity (Wildman–Crippen MR) is 130 cm³/mol. The second-order valence-corrected chi connectivity index (χ2v) is 8.55. The van der Waals surface area contributed by atoms with E-state index in [1.165, 1.54) is 0 Å². The molecule has 0 aliphatic carbocycles. The Hall–Kier alpha value is -4.21. The van der Waals surface area contributed by atoms with Gasteiger partial charge >= 0.3 is 6.03 Å². The number of anilines is 1. The Labute approximate surface area is 202 Å². The van der Waals surface area contributed by atoms with E-state index in [-0.39, 0.29) is 17.8 Å². The van der Waals surface area contributed by atoms with Crippen molar-refractivity contribution < 1.29 is 23.9 Å². The molecule has 5 rings (SSSR count). The molecule has 1 fully saturated rings. The Balaban J connectivity index is 1.12. The number of H-pyrrole nitrogens is 1. The van der Waals surface area contributed by atoms with E-state index in [0.717, 1.165) is 10.9 Å². The zero-order chi connectivity index (χ0) is 24.4. The van der Waals surface area contributed by atoms with Crippen molar-refractivity contribution in [2.45, 2.75) is 13.0 Å². The van der Waals surface area contributed by atoms with Gasteiger partial charge in [-0.25, -0.2) is 4.79 Å². The maximum absolute atomic E-state index is 13.0. The summed E-state index contributed by atoms with van der Waals surface area (Å²) >= 11 is 0. The third-order valence-corrected chi connectivity index (χ3v) is 6.22. The molecule has 2 aliphatic rings. The van der Waals surface area contributed by atoms with E-state index in [4.69, 9.17) is 9.47 Å². The van der Waals surface area contributed by atoms with Gasteiger partial charge in [-0.1, -0.05) is 18.2 Å². The molecule has 0 radical (unpaired) electrons. The molecule has 4 amide bonds. The molecule has 0 bridgehead atoms. The van der Waals surface area contributed by atoms with Gasteiger partial charge in [0.15, 0.2) is 11.5 Å². The molecular weight excluding hydrogens is 450 g/mol. The number of benzene rings is 2. The smallest absolute Gasteiger partial charge is 0.318 e. The molecule has 3 heterocycles. The second-order valence-electron chi connectivity index (χ2n) is 8.55. The normalized spacial score (nSPS) is 16.0. The van der Waals surface area contributed by atoms with Crippen LogP contribution >= 0.6 is 0 Å². The van der Waals surface area contributed by atoms with Gasteiger partial charge in [0.2, 0.25) is 5.91 Å². The van der Waals surface area contributed by atoms with Gasteiger partial charge in [-0.3, -0.25) is 9.59 Å². The largest absolute Gasteiger partial charge is 0.486 e. The van der Waals surface area contributed by atoms with Crippen molar-refractivity contribution in [2.24, 2.45) is 0 Å². The predicted octanol–water partition coefficient (Wildman–Crippen LogP) is 2.43. The van der Waals surface area contributed by atoms with Gasteiger partial charge in [-0.15, -0.1) is 0 Å². The summed E-state index contributed by atoms with van der Waals surface area (Å²) in [6, 6.07) is 11.7. The summed E-state index contributed by atoms with van der Waals surface area (Å²) in [5.41, 5.74) is 2.10. The number of rotatable bonds is 4. The summed E-state index contributed by atoms with van der Waals surface area (Å²) in [7, 11) is 0. The van der Waals surface area contributed by atoms with Crippen LogP contribution in [0.15, 0.2) is 48.7 Å². The lowest BCUT2D eigenvalue weighted by molar-refractivity contribution is -0.117. The molecular formula is C25H27N5O5. The maximum Gasteiger partial charge on any atom is 0.318 e. The van der Waals surface area contributed by atoms with Crippen molar-refractivity contribution in [3.8, 4) is 11.5 Å². The quantitative estimate of drug-likeness (QED) is 0.534. The lowest BCUT2D eigenvalue weighted by atomic mass is 10.1. The third kappa shape index (κ3) is 4.72. The summed E-state index contributed by atoms with van der Waals surface area (Å²) in [6.45, 7) is 4.19. The van der Waals surface area contributed by atoms with E-state index < -0.39 is 6.04 Å². The SMILES string of the molecule is C[C@H](NC(=O)N1CCN(C(=O)c2c[nH]c3ccccc23)CC1)C(=O)Nc1ccc2c(c1)OCCO2. The van der Waals surface area contributed by atoms with Crippen LogP contribution in [0.25, 0.3) is 10.9 Å². The minimum absolute atomic E-state index is 0.0605. The molecule has 35 heavy (non-hydrogen) atoms. The average Bonchev–Trinajstić information content (AvgIpc) is 3.32. The summed E-state index contributed by atoms with van der Waals surface area (Å²) < 4.78 is 11.0. The van der Waals surface area contributed by atoms with Crippen LogP contribution in [0, 0.1) is 0 Å². The molecule has 1 saturated heterocycles. The van der Waals surface area contributed by atoms with E-state index in [0.29, 0.717) is 62.1 Å². The molecule has 2 aromatic carbocycles. The average molecular weight is 478 g/mol. The molecule has 0 spiro atoms. The van der Waals surface area contributed by atoms with Crippen LogP contribution in [-0.4, -0.2) is 78.1 Å². The highest BCUT2D eigenvalue weighted by molar-refractivity contribution is 6.06. The Bertz CT molecular complexity index is 1260. The number of urea groups is 1. The summed E-state index contributed by atoms with van der Waals surface area (Å²) in [4.78, 5) is 44.8. The zero-order valence-electron chi connectivity index (χ0n) is 19.4. The van der Waals surface area contributed by atoms with E-state index in [2.05, 4.69) is 15.6 Å². The van der Waals surface area contributed by atoms with Gasteiger partial charge in [-0.2, -0.15) is 0 Å². The number of fused-ring (bicyclic) bond motifs is 2. The van der Waals surface area contributed by atoms with Crippen molar-refractivity contribution in [1.82, 2.24) is 20.1 Å². The van der Waals surface area contributed by atoms with Gasteiger partial charge in [0.1, 0.15) is 19.3 Å². The Morgan fingerprint density at radius 3 is 2.46 bits per heavy atom. The fourth-order valence-corrected chi connectivity index (χ4v) is 4.25. The lowest BCUT2D eigenvalue weighted by Gasteiger charge is -2.35. The van der Waals surface area contributed by atoms with E-state index in [9.17, 15) is 14.4 Å². The topological polar surface area (TPSA) is 116 Å². The van der Waals surface area contributed by atoms with Crippen molar-refractivity contribution in [2.75, 3.05) is 44.7 Å². The van der Waals surface area contributed by atoms with Crippen molar-refractivity contribution >= 4 is 34.4 Å². The molecule has 3 N–H and O–H groups in total. The van der Waals surface area contributed by atoms with Gasteiger partial charge in [0.05, 0.1) is 5.56 Å². The van der Waals surface area contributed by atoms with Crippen LogP contribution in [0.4, 0.5) is 10.5 Å². The Morgan fingerprint density at radius 2 is 1.66 bits per heavy atom. The first-order valence-electron chi connectivity index (χ1n) is 11.6. The molecule has 182 valence electrons. The molecule has 1 atom stereocenters. The first kappa shape index (κ1) is 22.6. The summed E-state index contributed by atoms with van der Waals surface area (Å²) in [5, 5.41) is 6.41. The number of nitrogens with zero attached hydrogens (tertiary/aromatic N) is 2. The number of carbonyl (C=O) groups excluding carboxylic acids is 3. The van der Waals surface area contributed by atoms with E-state index in [1.54, 1.807) is 41.1 Å². The Morgan fingerprint density at radius 1 is 0.943 bits per heavy atom. The molecule has 1 aromatic heterocycles. The number of aromatic nitrogens is 1. The van der Waals surface area contributed by atoms with Crippen molar-refractivity contribution in [3.63, 3.8) is 0 Å². The molecule has 10 nitrogen and oxygen atoms in total. The monoisotopic (exact) mass is 477 g/mol. The fraction of sp³-hybridized carbons (Fsp3) is 0.320. The second kappa shape index (κ2) is 9.57. The minimum atomic E-state index is -0.749. The van der Waals surface area contributed by atoms with Gasteiger partial charge in [0.25, 0.3) is 5.91 Å². The number of amides is 4. The highest BCUT2D eigenvalue weighted by Crippen LogP contribution is 2.32. The van der Waals surface area contributed by atoms with Gasteiger partial charge in [0, 0.05) is 55.0 Å². The fourth-order valence-electron chi connectivity index (χ4n) is 4.25. The number of ether oxygens (including phenoxy) is 2. The molecule has 3 aromatic rings. The number of carbonyl (C=O) groups is 3. The van der Waals surface area contributed by atoms with Crippen LogP contribution < -0.4 is 20.1 Å². The highest BCUT2D eigenvalue weighted by atomic mass is 16.6. The first-order valence-corrected chi connectivity index (χ1v) is 11.6. The van der Waals surface area contributed by atoms with E-state index >= 15 is 0 Å². The number of piperazine rings is 1. The standard InChI is InChI=1S/C25H27N5O5/c1-16(23(31)28-17-6-7-21-22(14-17)35-13-12-34-21)27-25(33)30-10-8-29(9-11-30)24(32)19-15-26-20-5-3-2-4-18(19)20/h2-7,14-16,26H,8-13H2,1H3,(H,27,33)(H,28,31)/t16-/m0/s1. The summed E-state index contributed by atoms with van der Waals surface area (Å²) in [6.07, 6.45) is 1.73. The van der Waals surface area contributed by atoms with Crippen LogP contribution in [0.5, 0.6) is 11.5 Å². The lowest BCUT2D eigenvalue weighted by Crippen LogP contribution is -2.55. The number of hydrogen-bond acceptors (Lipinski definition) is 5. The highest BCUT2D eigenvalue weighted by Gasteiger charge is 2.27. The van der Waals surface area contributed by atoms with Gasteiger partial charge in [-0.05, 0) is 25.1 Å². The van der Waals surface area contributed by atoms with E-state index in [1.807, 2.05) is 24.3 Å². The number of nitrogens with one attached hydrogen (secondary N) is 3. The number of para-hydroxylation sites is 1. The Kier molecular flexibility index (Phi) is 6.17. The van der Waals surface area contributed by atoms with Crippen LogP contribution in [0.2, 0.25) is 0 Å². The van der Waals surface area contributed by atoms with Gasteiger partial charge < -0.3 is 34.9 Å². The molecule has 2 aliphatic heterocycles. The van der Waals surface area contributed by atoms with Crippen LogP contribution in [0.3, 0.4) is 0 Å². The zero-order valence-corrected chi connectivity index (χ0v) is 19.4. The molecule has 0 saturated carbocycles. The molecule has 10 heteroatoms. The first-order chi connectivity index (χ1) is 17.0. The number of hydrogen-bond donors (Lipinski definition) is 3. The van der Waals surface area contributed by atoms with Crippen LogP contribution in [0.1, 0.15) is 17.3 Å².